The van der Waals surface area contributed by atoms with Crippen LogP contribution < -0.4 is 5.32 Å². The van der Waals surface area contributed by atoms with Gasteiger partial charge in [-0.15, -0.1) is 0 Å². The minimum Gasteiger partial charge on any atom is -0.359 e. The number of fused-ring (bicyclic) bond motifs is 1. The molecule has 0 spiro atoms. The SMILES string of the molecule is CC(C)(C)c1cc(NC(=O)Cc2ccc(C3=CC=CC4CC34)cc2)no1. The highest BCUT2D eigenvalue weighted by Gasteiger charge is 2.39. The van der Waals surface area contributed by atoms with E-state index in [-0.39, 0.29) is 11.3 Å². The first kappa shape index (κ1) is 16.8. The fraction of sp³-hybridized carbons (Fsp3) is 0.364. The van der Waals surface area contributed by atoms with Crippen LogP contribution in [0.25, 0.3) is 5.57 Å². The van der Waals surface area contributed by atoms with E-state index < -0.39 is 0 Å². The molecule has 2 aliphatic carbocycles. The van der Waals surface area contributed by atoms with Crippen molar-refractivity contribution in [2.24, 2.45) is 11.8 Å². The van der Waals surface area contributed by atoms with Gasteiger partial charge in [-0.3, -0.25) is 4.79 Å². The van der Waals surface area contributed by atoms with Gasteiger partial charge in [0.15, 0.2) is 5.82 Å². The van der Waals surface area contributed by atoms with Crippen LogP contribution in [-0.4, -0.2) is 11.1 Å². The van der Waals surface area contributed by atoms with Gasteiger partial charge in [0.05, 0.1) is 6.42 Å². The average molecular weight is 348 g/mol. The van der Waals surface area contributed by atoms with Crippen molar-refractivity contribution in [2.45, 2.75) is 39.0 Å². The Labute approximate surface area is 154 Å². The largest absolute Gasteiger partial charge is 0.359 e. The molecule has 1 aromatic heterocycles. The Bertz CT molecular complexity index is 882. The van der Waals surface area contributed by atoms with E-state index in [1.807, 2.05) is 32.9 Å². The summed E-state index contributed by atoms with van der Waals surface area (Å²) in [6.07, 6.45) is 8.26. The first-order valence-electron chi connectivity index (χ1n) is 9.15. The van der Waals surface area contributed by atoms with Gasteiger partial charge in [0.1, 0.15) is 5.76 Å². The number of hydrogen-bond donors (Lipinski definition) is 1. The highest BCUT2D eigenvalue weighted by Crippen LogP contribution is 2.50. The lowest BCUT2D eigenvalue weighted by molar-refractivity contribution is -0.115. The second-order valence-corrected chi connectivity index (χ2v) is 8.26. The molecule has 26 heavy (non-hydrogen) atoms. The summed E-state index contributed by atoms with van der Waals surface area (Å²) in [5.41, 5.74) is 3.54. The maximum Gasteiger partial charge on any atom is 0.230 e. The fourth-order valence-electron chi connectivity index (χ4n) is 3.40. The Morgan fingerprint density at radius 3 is 2.73 bits per heavy atom. The summed E-state index contributed by atoms with van der Waals surface area (Å²) < 4.78 is 5.30. The van der Waals surface area contributed by atoms with Crippen LogP contribution in [0.15, 0.2) is 53.1 Å². The quantitative estimate of drug-likeness (QED) is 0.868. The van der Waals surface area contributed by atoms with Crippen molar-refractivity contribution in [1.82, 2.24) is 5.16 Å². The van der Waals surface area contributed by atoms with E-state index in [9.17, 15) is 4.79 Å². The molecule has 1 fully saturated rings. The lowest BCUT2D eigenvalue weighted by atomic mass is 9.93. The number of benzene rings is 1. The van der Waals surface area contributed by atoms with Crippen molar-refractivity contribution in [3.8, 4) is 0 Å². The molecule has 0 aliphatic heterocycles. The predicted octanol–water partition coefficient (Wildman–Crippen LogP) is 4.74. The van der Waals surface area contributed by atoms with Crippen LogP contribution in [0.2, 0.25) is 0 Å². The third-order valence-corrected chi connectivity index (χ3v) is 5.04. The van der Waals surface area contributed by atoms with Gasteiger partial charge in [0.2, 0.25) is 5.91 Å². The van der Waals surface area contributed by atoms with Crippen molar-refractivity contribution in [2.75, 3.05) is 5.32 Å². The van der Waals surface area contributed by atoms with Gasteiger partial charge in [-0.1, -0.05) is 68.4 Å². The van der Waals surface area contributed by atoms with Crippen molar-refractivity contribution < 1.29 is 9.32 Å². The van der Waals surface area contributed by atoms with Crippen molar-refractivity contribution in [3.05, 3.63) is 65.4 Å². The zero-order chi connectivity index (χ0) is 18.3. The third-order valence-electron chi connectivity index (χ3n) is 5.04. The molecule has 4 nitrogen and oxygen atoms in total. The average Bonchev–Trinajstić information content (AvgIpc) is 3.24. The van der Waals surface area contributed by atoms with Gasteiger partial charge in [-0.25, -0.2) is 0 Å². The highest BCUT2D eigenvalue weighted by molar-refractivity contribution is 5.91. The summed E-state index contributed by atoms with van der Waals surface area (Å²) in [6, 6.07) is 10.1. The summed E-state index contributed by atoms with van der Waals surface area (Å²) in [4.78, 5) is 12.3. The van der Waals surface area contributed by atoms with Crippen molar-refractivity contribution >= 4 is 17.3 Å². The van der Waals surface area contributed by atoms with Crippen LogP contribution in [0, 0.1) is 11.8 Å². The minimum absolute atomic E-state index is 0.0893. The van der Waals surface area contributed by atoms with Gasteiger partial charge in [-0.2, -0.15) is 0 Å². The normalized spacial score (nSPS) is 21.1. The summed E-state index contributed by atoms with van der Waals surface area (Å²) >= 11 is 0. The number of hydrogen-bond acceptors (Lipinski definition) is 3. The number of carbonyl (C=O) groups is 1. The molecule has 1 amide bonds. The van der Waals surface area contributed by atoms with E-state index in [1.54, 1.807) is 6.07 Å². The third kappa shape index (κ3) is 3.50. The van der Waals surface area contributed by atoms with E-state index in [4.69, 9.17) is 4.52 Å². The van der Waals surface area contributed by atoms with E-state index in [1.165, 1.54) is 17.6 Å². The standard InChI is InChI=1S/C22H24N2O2/c1-22(2,3)19-13-20(24-26-19)23-21(25)11-14-7-9-15(10-8-14)17-6-4-5-16-12-18(16)17/h4-10,13,16,18H,11-12H2,1-3H3,(H,23,24,25). The van der Waals surface area contributed by atoms with E-state index in [0.717, 1.165) is 17.2 Å². The number of anilines is 1. The van der Waals surface area contributed by atoms with Gasteiger partial charge < -0.3 is 9.84 Å². The summed E-state index contributed by atoms with van der Waals surface area (Å²) in [6.45, 7) is 6.13. The minimum atomic E-state index is -0.130. The first-order chi connectivity index (χ1) is 12.4. The summed E-state index contributed by atoms with van der Waals surface area (Å²) in [5.74, 6) is 2.56. The maximum absolute atomic E-state index is 12.3. The van der Waals surface area contributed by atoms with Crippen molar-refractivity contribution in [1.29, 1.82) is 0 Å². The molecule has 2 unspecified atom stereocenters. The van der Waals surface area contributed by atoms with Crippen LogP contribution >= 0.6 is 0 Å². The second kappa shape index (κ2) is 6.27. The topological polar surface area (TPSA) is 55.1 Å². The van der Waals surface area contributed by atoms with Crippen LogP contribution in [-0.2, 0) is 16.6 Å². The molecule has 4 rings (SSSR count). The molecule has 2 aromatic rings. The number of rotatable bonds is 4. The molecule has 4 heteroatoms. The molecule has 2 atom stereocenters. The molecule has 0 radical (unpaired) electrons. The molecule has 1 saturated carbocycles. The zero-order valence-electron chi connectivity index (χ0n) is 15.5. The van der Waals surface area contributed by atoms with Crippen LogP contribution in [0.5, 0.6) is 0 Å². The molecule has 2 aliphatic rings. The molecule has 1 N–H and O–H groups in total. The Balaban J connectivity index is 1.38. The number of nitrogens with zero attached hydrogens (tertiary/aromatic N) is 1. The number of amides is 1. The van der Waals surface area contributed by atoms with Crippen molar-refractivity contribution in [3.63, 3.8) is 0 Å². The van der Waals surface area contributed by atoms with E-state index in [2.05, 4.69) is 40.8 Å². The van der Waals surface area contributed by atoms with Gasteiger partial charge in [0.25, 0.3) is 0 Å². The molecular weight excluding hydrogens is 324 g/mol. The highest BCUT2D eigenvalue weighted by atomic mass is 16.5. The Kier molecular flexibility index (Phi) is 4.06. The fourth-order valence-corrected chi connectivity index (χ4v) is 3.40. The van der Waals surface area contributed by atoms with Gasteiger partial charge >= 0.3 is 0 Å². The van der Waals surface area contributed by atoms with E-state index >= 15 is 0 Å². The number of carbonyl (C=O) groups excluding carboxylic acids is 1. The summed E-state index contributed by atoms with van der Waals surface area (Å²) in [5, 5.41) is 6.74. The Morgan fingerprint density at radius 2 is 2.04 bits per heavy atom. The van der Waals surface area contributed by atoms with Crippen LogP contribution in [0.3, 0.4) is 0 Å². The maximum atomic E-state index is 12.3. The molecule has 0 bridgehead atoms. The van der Waals surface area contributed by atoms with Crippen LogP contribution in [0.4, 0.5) is 5.82 Å². The number of allylic oxidation sites excluding steroid dienone is 4. The molecule has 134 valence electrons. The zero-order valence-corrected chi connectivity index (χ0v) is 15.5. The van der Waals surface area contributed by atoms with Gasteiger partial charge in [0, 0.05) is 11.5 Å². The second-order valence-electron chi connectivity index (χ2n) is 8.26. The molecule has 0 saturated heterocycles. The molecular formula is C22H24N2O2. The summed E-state index contributed by atoms with van der Waals surface area (Å²) in [7, 11) is 0. The molecule has 1 heterocycles. The molecule has 1 aromatic carbocycles. The monoisotopic (exact) mass is 348 g/mol. The lowest BCUT2D eigenvalue weighted by Gasteiger charge is -2.12. The number of nitrogens with one attached hydrogen (secondary N) is 1. The smallest absolute Gasteiger partial charge is 0.230 e. The Hall–Kier alpha value is -2.62. The predicted molar refractivity (Wildman–Crippen MR) is 103 cm³/mol. The van der Waals surface area contributed by atoms with E-state index in [0.29, 0.717) is 18.2 Å². The number of aromatic nitrogens is 1. The lowest BCUT2D eigenvalue weighted by Crippen LogP contribution is -2.14. The van der Waals surface area contributed by atoms with Crippen LogP contribution in [0.1, 0.15) is 44.1 Å². The van der Waals surface area contributed by atoms with Gasteiger partial charge in [-0.05, 0) is 35.0 Å². The first-order valence-corrected chi connectivity index (χ1v) is 9.15. The Morgan fingerprint density at radius 1 is 1.27 bits per heavy atom.